The third-order valence-electron chi connectivity index (χ3n) is 6.32. The number of nitrogens with zero attached hydrogens (tertiary/aromatic N) is 2. The fourth-order valence-corrected chi connectivity index (χ4v) is 4.46. The molecule has 1 N–H and O–H groups in total. The average molecular weight is 456 g/mol. The molecule has 4 nitrogen and oxygen atoms in total. The van der Waals surface area contributed by atoms with Gasteiger partial charge in [0, 0.05) is 34.9 Å². The number of nitriles is 1. The molecule has 1 amide bonds. The van der Waals surface area contributed by atoms with E-state index in [1.54, 1.807) is 6.08 Å². The van der Waals surface area contributed by atoms with Crippen molar-refractivity contribution < 1.29 is 4.79 Å². The largest absolute Gasteiger partial charge is 0.342 e. The maximum atomic E-state index is 12.9. The fraction of sp³-hybridized carbons (Fsp3) is 0.0968. The normalized spacial score (nSPS) is 11.5. The van der Waals surface area contributed by atoms with Crippen molar-refractivity contribution >= 4 is 39.3 Å². The van der Waals surface area contributed by atoms with E-state index in [0.717, 1.165) is 22.9 Å². The Labute approximate surface area is 204 Å². The monoisotopic (exact) mass is 455 g/mol. The molecule has 0 spiro atoms. The Morgan fingerprint density at radius 1 is 0.914 bits per heavy atom. The number of aromatic nitrogens is 1. The Bertz CT molecular complexity index is 1600. The topological polar surface area (TPSA) is 57.8 Å². The predicted octanol–water partition coefficient (Wildman–Crippen LogP) is 6.95. The van der Waals surface area contributed by atoms with Gasteiger partial charge in [0.05, 0.1) is 0 Å². The van der Waals surface area contributed by atoms with E-state index in [2.05, 4.69) is 65.3 Å². The second-order valence-corrected chi connectivity index (χ2v) is 8.54. The van der Waals surface area contributed by atoms with Crippen LogP contribution in [0.25, 0.3) is 27.8 Å². The SMILES string of the molecule is CCc1ccc(NC(=O)C(C#N)=Cc2cn(Cc3cccc4ccccc34)c3ccccc23)cc1. The second-order valence-electron chi connectivity index (χ2n) is 8.54. The van der Waals surface area contributed by atoms with Crippen LogP contribution < -0.4 is 5.32 Å². The number of rotatable bonds is 6. The van der Waals surface area contributed by atoms with Gasteiger partial charge in [-0.3, -0.25) is 4.79 Å². The fourth-order valence-electron chi connectivity index (χ4n) is 4.46. The van der Waals surface area contributed by atoms with E-state index in [9.17, 15) is 10.1 Å². The van der Waals surface area contributed by atoms with Gasteiger partial charge in [-0.2, -0.15) is 5.26 Å². The number of benzene rings is 4. The van der Waals surface area contributed by atoms with Gasteiger partial charge in [-0.15, -0.1) is 0 Å². The zero-order valence-corrected chi connectivity index (χ0v) is 19.5. The Hall–Kier alpha value is -4.62. The minimum atomic E-state index is -0.414. The van der Waals surface area contributed by atoms with Crippen molar-refractivity contribution in [2.45, 2.75) is 19.9 Å². The number of carbonyl (C=O) groups is 1. The lowest BCUT2D eigenvalue weighted by molar-refractivity contribution is -0.112. The summed E-state index contributed by atoms with van der Waals surface area (Å²) in [7, 11) is 0. The first kappa shape index (κ1) is 22.2. The minimum Gasteiger partial charge on any atom is -0.342 e. The van der Waals surface area contributed by atoms with Crippen molar-refractivity contribution in [3.63, 3.8) is 0 Å². The summed E-state index contributed by atoms with van der Waals surface area (Å²) in [6.45, 7) is 2.77. The van der Waals surface area contributed by atoms with Gasteiger partial charge in [0.2, 0.25) is 0 Å². The second kappa shape index (κ2) is 9.70. The molecule has 1 aromatic heterocycles. The summed E-state index contributed by atoms with van der Waals surface area (Å²) in [5, 5.41) is 16.0. The summed E-state index contributed by atoms with van der Waals surface area (Å²) in [5.41, 5.74) is 5.05. The highest BCUT2D eigenvalue weighted by molar-refractivity contribution is 6.10. The highest BCUT2D eigenvalue weighted by Gasteiger charge is 2.13. The maximum absolute atomic E-state index is 12.9. The summed E-state index contributed by atoms with van der Waals surface area (Å²) >= 11 is 0. The molecule has 0 saturated carbocycles. The van der Waals surface area contributed by atoms with E-state index in [1.807, 2.05) is 54.7 Å². The van der Waals surface area contributed by atoms with Gasteiger partial charge < -0.3 is 9.88 Å². The number of anilines is 1. The van der Waals surface area contributed by atoms with Crippen LogP contribution in [0.3, 0.4) is 0 Å². The number of aryl methyl sites for hydroxylation is 1. The van der Waals surface area contributed by atoms with Gasteiger partial charge in [-0.1, -0.05) is 79.7 Å². The van der Waals surface area contributed by atoms with Gasteiger partial charge in [0.15, 0.2) is 0 Å². The summed E-state index contributed by atoms with van der Waals surface area (Å²) < 4.78 is 2.18. The van der Waals surface area contributed by atoms with Crippen molar-refractivity contribution in [1.82, 2.24) is 4.57 Å². The number of para-hydroxylation sites is 1. The number of hydrogen-bond acceptors (Lipinski definition) is 2. The first-order valence-electron chi connectivity index (χ1n) is 11.7. The van der Waals surface area contributed by atoms with Crippen LogP contribution in [0.1, 0.15) is 23.6 Å². The van der Waals surface area contributed by atoms with Gasteiger partial charge in [-0.25, -0.2) is 0 Å². The van der Waals surface area contributed by atoms with Crippen LogP contribution in [0.2, 0.25) is 0 Å². The van der Waals surface area contributed by atoms with Crippen LogP contribution in [-0.4, -0.2) is 10.5 Å². The number of fused-ring (bicyclic) bond motifs is 2. The molecule has 0 aliphatic carbocycles. The number of carbonyl (C=O) groups excluding carboxylic acids is 1. The summed E-state index contributed by atoms with van der Waals surface area (Å²) in [4.78, 5) is 12.9. The van der Waals surface area contributed by atoms with Gasteiger partial charge in [0.25, 0.3) is 5.91 Å². The minimum absolute atomic E-state index is 0.0673. The molecule has 0 fully saturated rings. The first-order chi connectivity index (χ1) is 17.2. The van der Waals surface area contributed by atoms with Crippen LogP contribution in [-0.2, 0) is 17.8 Å². The lowest BCUT2D eigenvalue weighted by Crippen LogP contribution is -2.13. The molecule has 0 radical (unpaired) electrons. The number of hydrogen-bond donors (Lipinski definition) is 1. The maximum Gasteiger partial charge on any atom is 0.266 e. The molecule has 0 aliphatic heterocycles. The van der Waals surface area contributed by atoms with E-state index in [0.29, 0.717) is 12.2 Å². The summed E-state index contributed by atoms with van der Waals surface area (Å²) in [6, 6.07) is 32.5. The zero-order chi connectivity index (χ0) is 24.2. The predicted molar refractivity (Wildman–Crippen MR) is 143 cm³/mol. The Morgan fingerprint density at radius 2 is 1.63 bits per heavy atom. The molecular weight excluding hydrogens is 430 g/mol. The number of nitrogens with one attached hydrogen (secondary N) is 1. The van der Waals surface area contributed by atoms with Crippen LogP contribution in [0.4, 0.5) is 5.69 Å². The Balaban J connectivity index is 1.49. The molecule has 0 bridgehead atoms. The molecule has 0 unspecified atom stereocenters. The highest BCUT2D eigenvalue weighted by atomic mass is 16.1. The molecule has 0 aliphatic rings. The molecule has 5 aromatic rings. The molecular formula is C31H25N3O. The van der Waals surface area contributed by atoms with Crippen LogP contribution in [0.15, 0.2) is 103 Å². The number of amides is 1. The third kappa shape index (κ3) is 4.58. The molecule has 170 valence electrons. The van der Waals surface area contributed by atoms with Crippen LogP contribution >= 0.6 is 0 Å². The van der Waals surface area contributed by atoms with E-state index >= 15 is 0 Å². The van der Waals surface area contributed by atoms with E-state index in [-0.39, 0.29) is 5.57 Å². The van der Waals surface area contributed by atoms with Gasteiger partial charge >= 0.3 is 0 Å². The zero-order valence-electron chi connectivity index (χ0n) is 19.5. The molecule has 4 heteroatoms. The third-order valence-corrected chi connectivity index (χ3v) is 6.32. The van der Waals surface area contributed by atoms with Gasteiger partial charge in [0.1, 0.15) is 11.6 Å². The van der Waals surface area contributed by atoms with Crippen molar-refractivity contribution in [2.75, 3.05) is 5.32 Å². The van der Waals surface area contributed by atoms with Crippen LogP contribution in [0.5, 0.6) is 0 Å². The molecule has 4 aromatic carbocycles. The molecule has 1 heterocycles. The standard InChI is InChI=1S/C31H25N3O/c1-2-22-14-16-27(17-15-22)33-31(35)25(19-32)18-26-21-34(30-13-6-5-12-29(26)30)20-24-10-7-9-23-8-3-4-11-28(23)24/h3-18,21H,2,20H2,1H3,(H,33,35). The Kier molecular flexibility index (Phi) is 6.15. The van der Waals surface area contributed by atoms with Crippen LogP contribution in [0, 0.1) is 11.3 Å². The van der Waals surface area contributed by atoms with Gasteiger partial charge in [-0.05, 0) is 52.6 Å². The molecule has 0 atom stereocenters. The lowest BCUT2D eigenvalue weighted by atomic mass is 10.0. The lowest BCUT2D eigenvalue weighted by Gasteiger charge is -2.09. The molecule has 35 heavy (non-hydrogen) atoms. The first-order valence-corrected chi connectivity index (χ1v) is 11.7. The average Bonchev–Trinajstić information content (AvgIpc) is 3.25. The van der Waals surface area contributed by atoms with E-state index < -0.39 is 5.91 Å². The highest BCUT2D eigenvalue weighted by Crippen LogP contribution is 2.27. The van der Waals surface area contributed by atoms with E-state index in [4.69, 9.17) is 0 Å². The summed E-state index contributed by atoms with van der Waals surface area (Å²) in [6.07, 6.45) is 4.63. The van der Waals surface area contributed by atoms with Crippen molar-refractivity contribution in [1.29, 1.82) is 5.26 Å². The van der Waals surface area contributed by atoms with Crippen molar-refractivity contribution in [3.05, 3.63) is 119 Å². The summed E-state index contributed by atoms with van der Waals surface area (Å²) in [5.74, 6) is -0.414. The van der Waals surface area contributed by atoms with E-state index in [1.165, 1.54) is 21.9 Å². The molecule has 0 saturated heterocycles. The molecule has 5 rings (SSSR count). The van der Waals surface area contributed by atoms with Crippen molar-refractivity contribution in [3.8, 4) is 6.07 Å². The smallest absolute Gasteiger partial charge is 0.266 e. The quantitative estimate of drug-likeness (QED) is 0.222. The Morgan fingerprint density at radius 3 is 2.40 bits per heavy atom. The van der Waals surface area contributed by atoms with Crippen molar-refractivity contribution in [2.24, 2.45) is 0 Å².